The number of phenolic OH excluding ortho intramolecular Hbond substituents is 1. The zero-order valence-corrected chi connectivity index (χ0v) is 15.7. The molecule has 23 heavy (non-hydrogen) atoms. The van der Waals surface area contributed by atoms with E-state index in [2.05, 4.69) is 32.9 Å². The molecule has 1 atom stereocenters. The van der Waals surface area contributed by atoms with Gasteiger partial charge in [0.25, 0.3) is 0 Å². The Hall–Kier alpha value is -0.980. The molecular weight excluding hydrogens is 280 g/mol. The monoisotopic (exact) mass is 318 g/mol. The first kappa shape index (κ1) is 20.1. The lowest BCUT2D eigenvalue weighted by atomic mass is 9.70. The molecule has 0 spiro atoms. The third kappa shape index (κ3) is 6.97. The molecule has 0 radical (unpaired) electrons. The highest BCUT2D eigenvalue weighted by Gasteiger charge is 2.29. The molecule has 0 saturated heterocycles. The number of unbranched alkanes of at least 4 members (excludes halogenated alkanes) is 7. The average molecular weight is 319 g/mol. The number of benzene rings is 1. The topological polar surface area (TPSA) is 20.2 Å². The van der Waals surface area contributed by atoms with Crippen LogP contribution in [0.3, 0.4) is 0 Å². The van der Waals surface area contributed by atoms with E-state index in [4.69, 9.17) is 0 Å². The van der Waals surface area contributed by atoms with Crippen molar-refractivity contribution in [2.75, 3.05) is 0 Å². The van der Waals surface area contributed by atoms with E-state index in [0.717, 1.165) is 0 Å². The van der Waals surface area contributed by atoms with Gasteiger partial charge in [0.2, 0.25) is 0 Å². The fraction of sp³-hybridized carbons (Fsp3) is 0.727. The first-order valence-electron chi connectivity index (χ1n) is 9.98. The molecule has 0 saturated carbocycles. The lowest BCUT2D eigenvalue weighted by Crippen LogP contribution is -2.25. The first-order chi connectivity index (χ1) is 11.2. The first-order valence-corrected chi connectivity index (χ1v) is 9.98. The molecule has 1 nitrogen and oxygen atoms in total. The van der Waals surface area contributed by atoms with Gasteiger partial charge in [0.05, 0.1) is 0 Å². The summed E-state index contributed by atoms with van der Waals surface area (Å²) >= 11 is 0. The number of hydrogen-bond donors (Lipinski definition) is 1. The minimum absolute atomic E-state index is 0.313. The number of phenols is 1. The Balaban J connectivity index is 2.68. The molecule has 0 fully saturated rings. The highest BCUT2D eigenvalue weighted by Crippen LogP contribution is 2.39. The van der Waals surface area contributed by atoms with Crippen LogP contribution in [0.15, 0.2) is 24.3 Å². The lowest BCUT2D eigenvalue weighted by Gasteiger charge is -2.34. The summed E-state index contributed by atoms with van der Waals surface area (Å²) in [5.41, 5.74) is 1.75. The maximum atomic E-state index is 9.61. The molecular formula is C22H38O. The van der Waals surface area contributed by atoms with Crippen LogP contribution in [0.1, 0.15) is 103 Å². The molecule has 0 aromatic heterocycles. The van der Waals surface area contributed by atoms with Crippen LogP contribution in [0.2, 0.25) is 0 Å². The van der Waals surface area contributed by atoms with E-state index in [1.54, 1.807) is 0 Å². The van der Waals surface area contributed by atoms with Crippen LogP contribution in [0.5, 0.6) is 5.75 Å². The van der Waals surface area contributed by atoms with Gasteiger partial charge >= 0.3 is 0 Å². The Labute approximate surface area is 144 Å². The van der Waals surface area contributed by atoms with E-state index < -0.39 is 0 Å². The van der Waals surface area contributed by atoms with Crippen LogP contribution in [0.25, 0.3) is 0 Å². The Morgan fingerprint density at radius 2 is 1.17 bits per heavy atom. The highest BCUT2D eigenvalue weighted by atomic mass is 16.3. The van der Waals surface area contributed by atoms with Crippen LogP contribution in [-0.4, -0.2) is 5.11 Å². The molecule has 1 unspecified atom stereocenters. The summed E-state index contributed by atoms with van der Waals surface area (Å²) in [5.74, 6) is 0.381. The highest BCUT2D eigenvalue weighted by molar-refractivity contribution is 5.31. The molecule has 1 aromatic rings. The van der Waals surface area contributed by atoms with Crippen molar-refractivity contribution in [1.82, 2.24) is 0 Å². The van der Waals surface area contributed by atoms with Crippen LogP contribution in [-0.2, 0) is 5.41 Å². The van der Waals surface area contributed by atoms with Crippen LogP contribution in [0, 0.1) is 0 Å². The second kappa shape index (κ2) is 11.5. The van der Waals surface area contributed by atoms with E-state index in [-0.39, 0.29) is 0 Å². The van der Waals surface area contributed by atoms with Gasteiger partial charge in [0.1, 0.15) is 5.75 Å². The molecule has 1 aromatic carbocycles. The van der Waals surface area contributed by atoms with Crippen molar-refractivity contribution < 1.29 is 5.11 Å². The Kier molecular flexibility index (Phi) is 10.1. The van der Waals surface area contributed by atoms with Crippen molar-refractivity contribution >= 4 is 0 Å². The Morgan fingerprint density at radius 3 is 1.74 bits per heavy atom. The predicted molar refractivity (Wildman–Crippen MR) is 102 cm³/mol. The predicted octanol–water partition coefficient (Wildman–Crippen LogP) is 7.37. The third-order valence-corrected chi connectivity index (χ3v) is 5.42. The summed E-state index contributed by atoms with van der Waals surface area (Å²) in [5, 5.41) is 9.61. The van der Waals surface area contributed by atoms with Crippen LogP contribution >= 0.6 is 0 Å². The SMILES string of the molecule is CCCCCCCCC(CC)(CCCCC)c1ccc(O)cc1. The van der Waals surface area contributed by atoms with E-state index in [9.17, 15) is 5.11 Å². The molecule has 0 heterocycles. The third-order valence-electron chi connectivity index (χ3n) is 5.42. The standard InChI is InChI=1S/C22H38O/c1-4-7-9-10-11-13-19-22(6-3,18-12-8-5-2)20-14-16-21(23)17-15-20/h14-17,23H,4-13,18-19H2,1-3H3. The second-order valence-electron chi connectivity index (χ2n) is 7.16. The van der Waals surface area contributed by atoms with Crippen molar-refractivity contribution in [3.8, 4) is 5.75 Å². The molecule has 1 rings (SSSR count). The van der Waals surface area contributed by atoms with Gasteiger partial charge in [-0.05, 0) is 42.4 Å². The Bertz CT molecular complexity index is 395. The molecule has 0 amide bonds. The van der Waals surface area contributed by atoms with Crippen molar-refractivity contribution in [3.63, 3.8) is 0 Å². The van der Waals surface area contributed by atoms with Gasteiger partial charge in [-0.15, -0.1) is 0 Å². The zero-order chi connectivity index (χ0) is 17.0. The van der Waals surface area contributed by atoms with Gasteiger partial charge < -0.3 is 5.11 Å². The fourth-order valence-corrected chi connectivity index (χ4v) is 3.74. The molecule has 132 valence electrons. The van der Waals surface area contributed by atoms with Crippen molar-refractivity contribution in [2.45, 2.75) is 103 Å². The number of hydrogen-bond acceptors (Lipinski definition) is 1. The maximum Gasteiger partial charge on any atom is 0.115 e. The molecule has 0 bridgehead atoms. The number of aromatic hydroxyl groups is 1. The minimum Gasteiger partial charge on any atom is -0.508 e. The fourth-order valence-electron chi connectivity index (χ4n) is 3.74. The van der Waals surface area contributed by atoms with E-state index in [1.807, 2.05) is 12.1 Å². The summed E-state index contributed by atoms with van der Waals surface area (Å²) in [4.78, 5) is 0. The van der Waals surface area contributed by atoms with Gasteiger partial charge in [-0.2, -0.15) is 0 Å². The zero-order valence-electron chi connectivity index (χ0n) is 15.7. The van der Waals surface area contributed by atoms with Crippen molar-refractivity contribution in [1.29, 1.82) is 0 Å². The molecule has 0 aliphatic heterocycles. The van der Waals surface area contributed by atoms with Crippen molar-refractivity contribution in [3.05, 3.63) is 29.8 Å². The van der Waals surface area contributed by atoms with Gasteiger partial charge in [-0.3, -0.25) is 0 Å². The molecule has 0 aliphatic carbocycles. The van der Waals surface area contributed by atoms with Crippen LogP contribution < -0.4 is 0 Å². The summed E-state index contributed by atoms with van der Waals surface area (Å²) in [6, 6.07) is 8.03. The Morgan fingerprint density at radius 1 is 0.696 bits per heavy atom. The van der Waals surface area contributed by atoms with E-state index in [0.29, 0.717) is 11.2 Å². The van der Waals surface area contributed by atoms with Gasteiger partial charge in [-0.25, -0.2) is 0 Å². The second-order valence-corrected chi connectivity index (χ2v) is 7.16. The smallest absolute Gasteiger partial charge is 0.115 e. The number of rotatable bonds is 13. The average Bonchev–Trinajstić information content (AvgIpc) is 2.57. The molecule has 0 aliphatic rings. The summed E-state index contributed by atoms with van der Waals surface area (Å²) in [6.45, 7) is 6.90. The van der Waals surface area contributed by atoms with Crippen LogP contribution in [0.4, 0.5) is 0 Å². The van der Waals surface area contributed by atoms with Gasteiger partial charge in [0, 0.05) is 0 Å². The van der Waals surface area contributed by atoms with Gasteiger partial charge in [-0.1, -0.05) is 90.7 Å². The largest absolute Gasteiger partial charge is 0.508 e. The summed E-state index contributed by atoms with van der Waals surface area (Å²) in [7, 11) is 0. The van der Waals surface area contributed by atoms with Crippen molar-refractivity contribution in [2.24, 2.45) is 0 Å². The maximum absolute atomic E-state index is 9.61. The molecule has 1 heteroatoms. The summed E-state index contributed by atoms with van der Waals surface area (Å²) < 4.78 is 0. The lowest BCUT2D eigenvalue weighted by molar-refractivity contribution is 0.322. The van der Waals surface area contributed by atoms with E-state index in [1.165, 1.54) is 82.6 Å². The minimum atomic E-state index is 0.313. The summed E-state index contributed by atoms with van der Waals surface area (Å²) in [6.07, 6.45) is 15.9. The van der Waals surface area contributed by atoms with E-state index >= 15 is 0 Å². The molecule has 1 N–H and O–H groups in total. The van der Waals surface area contributed by atoms with Gasteiger partial charge in [0.15, 0.2) is 0 Å². The quantitative estimate of drug-likeness (QED) is 0.376. The normalized spacial score (nSPS) is 13.9.